The minimum atomic E-state index is -1.53. The number of nitrogens with zero attached hydrogens (tertiary/aromatic N) is 1. The Labute approximate surface area is 101 Å². The van der Waals surface area contributed by atoms with Crippen molar-refractivity contribution in [3.8, 4) is 0 Å². The van der Waals surface area contributed by atoms with Crippen molar-refractivity contribution in [2.45, 2.75) is 19.8 Å². The Bertz CT molecular complexity index is 596. The molecule has 0 spiro atoms. The minimum Gasteiger partial charge on any atom is -0.252 e. The predicted molar refractivity (Wildman–Crippen MR) is 60.7 cm³/mol. The van der Waals surface area contributed by atoms with E-state index in [-0.39, 0.29) is 21.8 Å². The summed E-state index contributed by atoms with van der Waals surface area (Å²) in [4.78, 5) is 4.07. The lowest BCUT2D eigenvalue weighted by Gasteiger charge is -2.09. The summed E-state index contributed by atoms with van der Waals surface area (Å²) >= 11 is 5.87. The third kappa shape index (κ3) is 1.97. The van der Waals surface area contributed by atoms with E-state index in [2.05, 4.69) is 4.98 Å². The molecule has 5 heteroatoms. The third-order valence-corrected chi connectivity index (χ3v) is 2.79. The molecule has 0 unspecified atom stereocenters. The van der Waals surface area contributed by atoms with Gasteiger partial charge in [0.2, 0.25) is 0 Å². The lowest BCUT2D eigenvalue weighted by atomic mass is 10.1. The fourth-order valence-electron chi connectivity index (χ4n) is 1.57. The molecule has 0 bridgehead atoms. The van der Waals surface area contributed by atoms with Crippen LogP contribution in [0.25, 0.3) is 10.9 Å². The summed E-state index contributed by atoms with van der Waals surface area (Å²) in [6.07, 6.45) is 0. The summed E-state index contributed by atoms with van der Waals surface area (Å²) in [7, 11) is 0. The van der Waals surface area contributed by atoms with Crippen molar-refractivity contribution in [2.24, 2.45) is 0 Å². The zero-order valence-electron chi connectivity index (χ0n) is 9.19. The molecule has 2 aromatic rings. The van der Waals surface area contributed by atoms with Gasteiger partial charge in [0.25, 0.3) is 0 Å². The highest BCUT2D eigenvalue weighted by Crippen LogP contribution is 2.30. The third-order valence-electron chi connectivity index (χ3n) is 2.50. The number of hydrogen-bond acceptors (Lipinski definition) is 1. The van der Waals surface area contributed by atoms with Gasteiger partial charge in [-0.2, -0.15) is 0 Å². The molecule has 0 saturated carbocycles. The van der Waals surface area contributed by atoms with Crippen molar-refractivity contribution >= 4 is 22.5 Å². The van der Waals surface area contributed by atoms with Crippen LogP contribution in [0.2, 0.25) is 5.02 Å². The van der Waals surface area contributed by atoms with Gasteiger partial charge in [-0.3, -0.25) is 4.98 Å². The van der Waals surface area contributed by atoms with E-state index >= 15 is 0 Å². The van der Waals surface area contributed by atoms with Crippen molar-refractivity contribution < 1.29 is 13.2 Å². The summed E-state index contributed by atoms with van der Waals surface area (Å²) in [6.45, 7) is 3.75. The zero-order chi connectivity index (χ0) is 12.7. The Kier molecular flexibility index (Phi) is 3.00. The van der Waals surface area contributed by atoms with Gasteiger partial charge in [-0.25, -0.2) is 13.2 Å². The van der Waals surface area contributed by atoms with Crippen LogP contribution >= 0.6 is 11.6 Å². The first-order valence-corrected chi connectivity index (χ1v) is 5.43. The van der Waals surface area contributed by atoms with E-state index in [0.717, 1.165) is 6.07 Å². The molecule has 0 saturated heterocycles. The Balaban J connectivity index is 2.87. The lowest BCUT2D eigenvalue weighted by Crippen LogP contribution is -1.98. The second-order valence-electron chi connectivity index (χ2n) is 4.06. The quantitative estimate of drug-likeness (QED) is 0.691. The number of aromatic nitrogens is 1. The van der Waals surface area contributed by atoms with Crippen molar-refractivity contribution in [1.29, 1.82) is 0 Å². The highest BCUT2D eigenvalue weighted by molar-refractivity contribution is 6.35. The fraction of sp³-hybridized carbons (Fsp3) is 0.250. The zero-order valence-corrected chi connectivity index (χ0v) is 9.95. The molecule has 0 radical (unpaired) electrons. The van der Waals surface area contributed by atoms with Crippen molar-refractivity contribution in [1.82, 2.24) is 4.98 Å². The van der Waals surface area contributed by atoms with E-state index in [1.807, 2.05) is 13.8 Å². The van der Waals surface area contributed by atoms with Gasteiger partial charge in [-0.1, -0.05) is 25.4 Å². The molecule has 0 N–H and O–H groups in total. The van der Waals surface area contributed by atoms with Crippen LogP contribution in [0.5, 0.6) is 0 Å². The number of benzene rings is 1. The van der Waals surface area contributed by atoms with E-state index in [9.17, 15) is 13.2 Å². The van der Waals surface area contributed by atoms with Crippen LogP contribution in [0.4, 0.5) is 13.2 Å². The fourth-order valence-corrected chi connectivity index (χ4v) is 1.86. The number of halogens is 4. The first-order chi connectivity index (χ1) is 7.91. The van der Waals surface area contributed by atoms with E-state index in [4.69, 9.17) is 11.6 Å². The van der Waals surface area contributed by atoms with Crippen LogP contribution in [-0.2, 0) is 0 Å². The van der Waals surface area contributed by atoms with Gasteiger partial charge in [-0.05, 0) is 12.0 Å². The SMILES string of the molecule is CC(C)c1cc(Cl)c2c(F)c(F)c(F)cc2n1. The first-order valence-electron chi connectivity index (χ1n) is 5.05. The van der Waals surface area contributed by atoms with E-state index in [1.54, 1.807) is 0 Å². The van der Waals surface area contributed by atoms with Crippen LogP contribution in [0, 0.1) is 17.5 Å². The minimum absolute atomic E-state index is 0.0256. The number of fused-ring (bicyclic) bond motifs is 1. The van der Waals surface area contributed by atoms with Gasteiger partial charge in [0.05, 0.1) is 15.9 Å². The summed E-state index contributed by atoms with van der Waals surface area (Å²) in [5.41, 5.74) is 0.630. The molecular formula is C12H9ClF3N. The van der Waals surface area contributed by atoms with Gasteiger partial charge < -0.3 is 0 Å². The highest BCUT2D eigenvalue weighted by Gasteiger charge is 2.18. The average molecular weight is 260 g/mol. The molecule has 0 atom stereocenters. The molecular weight excluding hydrogens is 251 g/mol. The van der Waals surface area contributed by atoms with Crippen LogP contribution in [0.3, 0.4) is 0 Å². The van der Waals surface area contributed by atoms with E-state index in [1.165, 1.54) is 6.07 Å². The van der Waals surface area contributed by atoms with Crippen molar-refractivity contribution in [3.63, 3.8) is 0 Å². The Morgan fingerprint density at radius 1 is 1.12 bits per heavy atom. The first kappa shape index (κ1) is 12.2. The summed E-state index contributed by atoms with van der Waals surface area (Å²) in [6, 6.07) is 2.32. The molecule has 0 amide bonds. The number of hydrogen-bond donors (Lipinski definition) is 0. The molecule has 1 aromatic carbocycles. The Hall–Kier alpha value is -1.29. The van der Waals surface area contributed by atoms with E-state index in [0.29, 0.717) is 5.69 Å². The van der Waals surface area contributed by atoms with Gasteiger partial charge >= 0.3 is 0 Å². The molecule has 90 valence electrons. The molecule has 0 aliphatic carbocycles. The summed E-state index contributed by atoms with van der Waals surface area (Å²) < 4.78 is 39.7. The largest absolute Gasteiger partial charge is 0.252 e. The Morgan fingerprint density at radius 3 is 2.35 bits per heavy atom. The maximum atomic E-state index is 13.5. The molecule has 0 fully saturated rings. The van der Waals surface area contributed by atoms with E-state index < -0.39 is 17.5 Å². The topological polar surface area (TPSA) is 12.9 Å². The van der Waals surface area contributed by atoms with Crippen LogP contribution in [0.15, 0.2) is 12.1 Å². The van der Waals surface area contributed by atoms with Gasteiger partial charge in [-0.15, -0.1) is 0 Å². The molecule has 1 heterocycles. The van der Waals surface area contributed by atoms with Gasteiger partial charge in [0.15, 0.2) is 17.5 Å². The van der Waals surface area contributed by atoms with Crippen LogP contribution in [0.1, 0.15) is 25.5 Å². The summed E-state index contributed by atoms with van der Waals surface area (Å²) in [5, 5.41) is -0.148. The lowest BCUT2D eigenvalue weighted by molar-refractivity contribution is 0.453. The van der Waals surface area contributed by atoms with Crippen molar-refractivity contribution in [3.05, 3.63) is 40.3 Å². The molecule has 2 rings (SSSR count). The second-order valence-corrected chi connectivity index (χ2v) is 4.47. The predicted octanol–water partition coefficient (Wildman–Crippen LogP) is 4.43. The number of pyridine rings is 1. The monoisotopic (exact) mass is 259 g/mol. The summed E-state index contributed by atoms with van der Waals surface area (Å²) in [5.74, 6) is -4.03. The number of rotatable bonds is 1. The molecule has 1 nitrogen and oxygen atoms in total. The normalized spacial score (nSPS) is 11.5. The van der Waals surface area contributed by atoms with Gasteiger partial charge in [0.1, 0.15) is 0 Å². The van der Waals surface area contributed by atoms with Crippen LogP contribution < -0.4 is 0 Å². The van der Waals surface area contributed by atoms with Gasteiger partial charge in [0, 0.05) is 11.8 Å². The maximum absolute atomic E-state index is 13.5. The highest BCUT2D eigenvalue weighted by atomic mass is 35.5. The van der Waals surface area contributed by atoms with Crippen molar-refractivity contribution in [2.75, 3.05) is 0 Å². The molecule has 0 aliphatic rings. The smallest absolute Gasteiger partial charge is 0.195 e. The molecule has 17 heavy (non-hydrogen) atoms. The standard InChI is InChI=1S/C12H9ClF3N/c1-5(2)8-3-6(13)10-9(17-8)4-7(14)11(15)12(10)16/h3-5H,1-2H3. The molecule has 1 aromatic heterocycles. The Morgan fingerprint density at radius 2 is 1.76 bits per heavy atom. The van der Waals surface area contributed by atoms with Crippen LogP contribution in [-0.4, -0.2) is 4.98 Å². The maximum Gasteiger partial charge on any atom is 0.195 e. The molecule has 0 aliphatic heterocycles. The average Bonchev–Trinajstić information content (AvgIpc) is 2.25. The second kappa shape index (κ2) is 4.18.